The van der Waals surface area contributed by atoms with Crippen LogP contribution >= 0.6 is 11.6 Å². The van der Waals surface area contributed by atoms with Crippen LogP contribution in [-0.4, -0.2) is 11.8 Å². The third-order valence-corrected chi connectivity index (χ3v) is 3.77. The zero-order valence-electron chi connectivity index (χ0n) is 12.9. The Labute approximate surface area is 140 Å². The molecule has 2 N–H and O–H groups in total. The first-order valence-corrected chi connectivity index (χ1v) is 7.76. The molecule has 5 heteroatoms. The number of carbonyl (C=O) groups is 2. The molecule has 0 spiro atoms. The third-order valence-electron chi connectivity index (χ3n) is 3.40. The van der Waals surface area contributed by atoms with Gasteiger partial charge >= 0.3 is 0 Å². The van der Waals surface area contributed by atoms with E-state index in [1.54, 1.807) is 6.07 Å². The van der Waals surface area contributed by atoms with Crippen LogP contribution in [0.2, 0.25) is 5.02 Å². The second-order valence-corrected chi connectivity index (χ2v) is 5.64. The fourth-order valence-corrected chi connectivity index (χ4v) is 2.48. The molecule has 120 valence electrons. The predicted octanol–water partition coefficient (Wildman–Crippen LogP) is 3.22. The van der Waals surface area contributed by atoms with E-state index in [-0.39, 0.29) is 24.3 Å². The minimum atomic E-state index is -0.347. The molecule has 0 unspecified atom stereocenters. The molecule has 23 heavy (non-hydrogen) atoms. The quantitative estimate of drug-likeness (QED) is 0.854. The number of carbonyl (C=O) groups excluding carboxylic acids is 2. The Morgan fingerprint density at radius 1 is 1.04 bits per heavy atom. The zero-order chi connectivity index (χ0) is 16.7. The molecule has 0 saturated heterocycles. The highest BCUT2D eigenvalue weighted by molar-refractivity contribution is 6.31. The summed E-state index contributed by atoms with van der Waals surface area (Å²) in [4.78, 5) is 23.6. The molecule has 0 saturated carbocycles. The van der Waals surface area contributed by atoms with Crippen LogP contribution in [0.25, 0.3) is 0 Å². The molecule has 0 aliphatic heterocycles. The molecule has 2 aromatic rings. The van der Waals surface area contributed by atoms with Crippen molar-refractivity contribution >= 4 is 23.4 Å². The van der Waals surface area contributed by atoms with Crippen LogP contribution in [0, 0.1) is 0 Å². The molecule has 0 radical (unpaired) electrons. The van der Waals surface area contributed by atoms with Crippen molar-refractivity contribution in [2.45, 2.75) is 25.9 Å². The van der Waals surface area contributed by atoms with Gasteiger partial charge in [0, 0.05) is 18.5 Å². The maximum absolute atomic E-state index is 12.2. The molecule has 0 bridgehead atoms. The lowest BCUT2D eigenvalue weighted by Crippen LogP contribution is -2.32. The van der Waals surface area contributed by atoms with Gasteiger partial charge in [0.25, 0.3) is 0 Å². The summed E-state index contributed by atoms with van der Waals surface area (Å²) in [5, 5.41) is 6.27. The number of benzene rings is 2. The minimum absolute atomic E-state index is 0.146. The van der Waals surface area contributed by atoms with Crippen molar-refractivity contribution in [1.82, 2.24) is 10.6 Å². The van der Waals surface area contributed by atoms with Gasteiger partial charge in [-0.1, -0.05) is 60.1 Å². The fourth-order valence-electron chi connectivity index (χ4n) is 2.28. The average Bonchev–Trinajstić information content (AvgIpc) is 2.54. The maximum Gasteiger partial charge on any atom is 0.222 e. The Balaban J connectivity index is 1.98. The van der Waals surface area contributed by atoms with E-state index < -0.39 is 0 Å². The largest absolute Gasteiger partial charge is 0.352 e. The molecule has 0 aliphatic carbocycles. The van der Waals surface area contributed by atoms with Crippen LogP contribution < -0.4 is 10.6 Å². The Kier molecular flexibility index (Phi) is 6.18. The van der Waals surface area contributed by atoms with Crippen molar-refractivity contribution < 1.29 is 9.59 Å². The van der Waals surface area contributed by atoms with E-state index in [4.69, 9.17) is 11.6 Å². The Morgan fingerprint density at radius 3 is 2.35 bits per heavy atom. The summed E-state index contributed by atoms with van der Waals surface area (Å²) < 4.78 is 0. The van der Waals surface area contributed by atoms with Crippen LogP contribution in [0.5, 0.6) is 0 Å². The van der Waals surface area contributed by atoms with E-state index >= 15 is 0 Å². The van der Waals surface area contributed by atoms with Crippen LogP contribution in [0.1, 0.15) is 30.5 Å². The summed E-state index contributed by atoms with van der Waals surface area (Å²) in [7, 11) is 0. The monoisotopic (exact) mass is 330 g/mol. The van der Waals surface area contributed by atoms with Crippen LogP contribution in [0.4, 0.5) is 0 Å². The van der Waals surface area contributed by atoms with Crippen molar-refractivity contribution in [2.75, 3.05) is 0 Å². The average molecular weight is 331 g/mol. The van der Waals surface area contributed by atoms with Crippen molar-refractivity contribution in [3.8, 4) is 0 Å². The first-order chi connectivity index (χ1) is 11.1. The normalized spacial score (nSPS) is 11.6. The maximum atomic E-state index is 12.2. The molecule has 0 aliphatic rings. The molecule has 2 aromatic carbocycles. The van der Waals surface area contributed by atoms with E-state index in [2.05, 4.69) is 10.6 Å². The molecular weight excluding hydrogens is 312 g/mol. The lowest BCUT2D eigenvalue weighted by Gasteiger charge is -2.18. The van der Waals surface area contributed by atoms with Gasteiger partial charge in [-0.25, -0.2) is 0 Å². The molecule has 1 atom stereocenters. The fraction of sp³-hybridized carbons (Fsp3) is 0.222. The smallest absolute Gasteiger partial charge is 0.222 e. The predicted molar refractivity (Wildman–Crippen MR) is 90.9 cm³/mol. The lowest BCUT2D eigenvalue weighted by molar-refractivity contribution is -0.122. The van der Waals surface area contributed by atoms with Crippen LogP contribution in [-0.2, 0) is 16.1 Å². The summed E-state index contributed by atoms with van der Waals surface area (Å²) in [6.07, 6.45) is 0.175. The van der Waals surface area contributed by atoms with Crippen molar-refractivity contribution in [3.05, 3.63) is 70.7 Å². The van der Waals surface area contributed by atoms with E-state index in [1.165, 1.54) is 6.92 Å². The highest BCUT2D eigenvalue weighted by atomic mass is 35.5. The van der Waals surface area contributed by atoms with Gasteiger partial charge < -0.3 is 10.6 Å². The van der Waals surface area contributed by atoms with Crippen LogP contribution in [0.15, 0.2) is 54.6 Å². The molecule has 0 aromatic heterocycles. The first-order valence-electron chi connectivity index (χ1n) is 7.38. The van der Waals surface area contributed by atoms with E-state index in [0.717, 1.165) is 11.1 Å². The second kappa shape index (κ2) is 8.34. The van der Waals surface area contributed by atoms with Gasteiger partial charge in [-0.15, -0.1) is 0 Å². The van der Waals surface area contributed by atoms with Gasteiger partial charge in [0.2, 0.25) is 11.8 Å². The molecular formula is C18H19ClN2O2. The number of halogens is 1. The van der Waals surface area contributed by atoms with Gasteiger partial charge in [-0.3, -0.25) is 9.59 Å². The Morgan fingerprint density at radius 2 is 1.70 bits per heavy atom. The Bertz CT molecular complexity index is 674. The summed E-state index contributed by atoms with van der Waals surface area (Å²) in [6.45, 7) is 1.80. The highest BCUT2D eigenvalue weighted by Gasteiger charge is 2.16. The minimum Gasteiger partial charge on any atom is -0.352 e. The molecule has 2 rings (SSSR count). The number of hydrogen-bond acceptors (Lipinski definition) is 2. The SMILES string of the molecule is CC(=O)N[C@H](CC(=O)NCc1ccccc1Cl)c1ccccc1. The van der Waals surface area contributed by atoms with E-state index in [9.17, 15) is 9.59 Å². The van der Waals surface area contributed by atoms with Gasteiger partial charge in [-0.2, -0.15) is 0 Å². The van der Waals surface area contributed by atoms with Crippen LogP contribution in [0.3, 0.4) is 0 Å². The van der Waals surface area contributed by atoms with Gasteiger partial charge in [-0.05, 0) is 17.2 Å². The van der Waals surface area contributed by atoms with Crippen molar-refractivity contribution in [3.63, 3.8) is 0 Å². The van der Waals surface area contributed by atoms with Crippen molar-refractivity contribution in [2.24, 2.45) is 0 Å². The first kappa shape index (κ1) is 17.0. The van der Waals surface area contributed by atoms with E-state index in [0.29, 0.717) is 11.6 Å². The summed E-state index contributed by atoms with van der Waals surface area (Å²) in [6, 6.07) is 16.5. The topological polar surface area (TPSA) is 58.2 Å². The summed E-state index contributed by atoms with van der Waals surface area (Å²) in [5.41, 5.74) is 1.76. The summed E-state index contributed by atoms with van der Waals surface area (Å²) in [5.74, 6) is -0.315. The Hall–Kier alpha value is -2.33. The number of rotatable bonds is 6. The molecule has 2 amide bonds. The number of nitrogens with one attached hydrogen (secondary N) is 2. The molecule has 4 nitrogen and oxygen atoms in total. The summed E-state index contributed by atoms with van der Waals surface area (Å²) >= 11 is 6.07. The molecule has 0 heterocycles. The molecule has 0 fully saturated rings. The van der Waals surface area contributed by atoms with Gasteiger partial charge in [0.05, 0.1) is 12.5 Å². The lowest BCUT2D eigenvalue weighted by atomic mass is 10.0. The van der Waals surface area contributed by atoms with Gasteiger partial charge in [0.1, 0.15) is 0 Å². The zero-order valence-corrected chi connectivity index (χ0v) is 13.6. The standard InChI is InChI=1S/C18H19ClN2O2/c1-13(22)21-17(14-7-3-2-4-8-14)11-18(23)20-12-15-9-5-6-10-16(15)19/h2-10,17H,11-12H2,1H3,(H,20,23)(H,21,22)/t17-/m1/s1. The van der Waals surface area contributed by atoms with Crippen molar-refractivity contribution in [1.29, 1.82) is 0 Å². The number of amides is 2. The van der Waals surface area contributed by atoms with E-state index in [1.807, 2.05) is 48.5 Å². The third kappa shape index (κ3) is 5.42. The van der Waals surface area contributed by atoms with Gasteiger partial charge in [0.15, 0.2) is 0 Å². The number of hydrogen-bond donors (Lipinski definition) is 2. The second-order valence-electron chi connectivity index (χ2n) is 5.24. The highest BCUT2D eigenvalue weighted by Crippen LogP contribution is 2.17.